The van der Waals surface area contributed by atoms with E-state index in [1.54, 1.807) is 0 Å². The molecule has 2 unspecified atom stereocenters. The summed E-state index contributed by atoms with van der Waals surface area (Å²) in [6, 6.07) is 0. The van der Waals surface area contributed by atoms with Crippen LogP contribution in [0.2, 0.25) is 0 Å². The Bertz CT molecular complexity index is 95.0. The van der Waals surface area contributed by atoms with Gasteiger partial charge in [0, 0.05) is 6.42 Å². The average Bonchev–Trinajstić information content (AvgIpc) is 1.85. The van der Waals surface area contributed by atoms with Gasteiger partial charge in [-0.05, 0) is 13.3 Å². The van der Waals surface area contributed by atoms with Crippen LogP contribution in [0.25, 0.3) is 0 Å². The maximum atomic E-state index is 9.19. The average molecular weight is 146 g/mol. The molecule has 0 aromatic rings. The van der Waals surface area contributed by atoms with Crippen LogP contribution in [0.5, 0.6) is 0 Å². The highest BCUT2D eigenvalue weighted by atomic mass is 16.5. The second kappa shape index (κ2) is 3.32. The van der Waals surface area contributed by atoms with Gasteiger partial charge in [-0.25, -0.2) is 0 Å². The van der Waals surface area contributed by atoms with E-state index in [4.69, 9.17) is 9.84 Å². The fraction of sp³-hybridized carbons (Fsp3) is 1.00. The lowest BCUT2D eigenvalue weighted by Gasteiger charge is -2.29. The Labute approximate surface area is 60.6 Å². The molecule has 0 spiro atoms. The Balaban J connectivity index is 2.35. The fourth-order valence-electron chi connectivity index (χ4n) is 1.34. The van der Waals surface area contributed by atoms with Crippen molar-refractivity contribution in [3.63, 3.8) is 0 Å². The number of aliphatic hydroxyl groups is 2. The van der Waals surface area contributed by atoms with E-state index >= 15 is 0 Å². The highest BCUT2D eigenvalue weighted by Crippen LogP contribution is 2.18. The van der Waals surface area contributed by atoms with Gasteiger partial charge in [0.2, 0.25) is 0 Å². The molecular formula is C7H14O3. The molecule has 10 heavy (non-hydrogen) atoms. The number of rotatable bonds is 1. The van der Waals surface area contributed by atoms with Gasteiger partial charge >= 0.3 is 0 Å². The zero-order valence-corrected chi connectivity index (χ0v) is 6.16. The molecule has 0 radical (unpaired) electrons. The molecule has 0 amide bonds. The minimum atomic E-state index is -0.291. The first-order valence-electron chi connectivity index (χ1n) is 3.66. The van der Waals surface area contributed by atoms with Crippen LogP contribution in [0.1, 0.15) is 19.8 Å². The highest BCUT2D eigenvalue weighted by molar-refractivity contribution is 4.73. The van der Waals surface area contributed by atoms with Crippen LogP contribution in [0, 0.1) is 0 Å². The Morgan fingerprint density at radius 2 is 2.20 bits per heavy atom. The van der Waals surface area contributed by atoms with Crippen molar-refractivity contribution in [1.82, 2.24) is 0 Å². The molecule has 1 heterocycles. The molecule has 0 aromatic carbocycles. The molecule has 1 saturated heterocycles. The van der Waals surface area contributed by atoms with Crippen molar-refractivity contribution < 1.29 is 14.9 Å². The maximum absolute atomic E-state index is 9.19. The van der Waals surface area contributed by atoms with Gasteiger partial charge in [-0.1, -0.05) is 0 Å². The molecule has 0 aromatic heterocycles. The number of ether oxygens (including phenoxy) is 1. The smallest absolute Gasteiger partial charge is 0.0833 e. The Morgan fingerprint density at radius 3 is 2.70 bits per heavy atom. The standard InChI is InChI=1S/C7H14O3/c1-5-2-6(9)3-7(4-8)10-5/h5-9H,2-4H2,1H3/t5?,6-,7?/m1/s1. The second-order valence-electron chi connectivity index (χ2n) is 2.88. The first-order valence-corrected chi connectivity index (χ1v) is 3.66. The minimum absolute atomic E-state index is 0.0153. The van der Waals surface area contributed by atoms with Crippen molar-refractivity contribution in [3.05, 3.63) is 0 Å². The quantitative estimate of drug-likeness (QED) is 0.543. The SMILES string of the molecule is CC1C[C@@H](O)CC(CO)O1. The van der Waals surface area contributed by atoms with Gasteiger partial charge in [-0.2, -0.15) is 0 Å². The maximum Gasteiger partial charge on any atom is 0.0833 e. The first-order chi connectivity index (χ1) is 4.72. The van der Waals surface area contributed by atoms with E-state index in [1.165, 1.54) is 0 Å². The number of hydrogen-bond donors (Lipinski definition) is 2. The van der Waals surface area contributed by atoms with E-state index in [9.17, 15) is 5.11 Å². The third kappa shape index (κ3) is 1.94. The Hall–Kier alpha value is -0.120. The second-order valence-corrected chi connectivity index (χ2v) is 2.88. The Morgan fingerprint density at radius 1 is 1.50 bits per heavy atom. The molecule has 60 valence electrons. The molecule has 2 N–H and O–H groups in total. The molecule has 0 aliphatic carbocycles. The van der Waals surface area contributed by atoms with Crippen molar-refractivity contribution >= 4 is 0 Å². The molecule has 1 aliphatic heterocycles. The van der Waals surface area contributed by atoms with Crippen LogP contribution in [-0.4, -0.2) is 35.1 Å². The molecular weight excluding hydrogens is 132 g/mol. The molecule has 1 aliphatic rings. The van der Waals surface area contributed by atoms with E-state index in [2.05, 4.69) is 0 Å². The molecule has 3 atom stereocenters. The monoisotopic (exact) mass is 146 g/mol. The lowest BCUT2D eigenvalue weighted by molar-refractivity contribution is -0.104. The third-order valence-corrected chi connectivity index (χ3v) is 1.77. The predicted molar refractivity (Wildman–Crippen MR) is 36.7 cm³/mol. The summed E-state index contributed by atoms with van der Waals surface area (Å²) in [6.07, 6.45) is 0.901. The van der Waals surface area contributed by atoms with Crippen LogP contribution in [0.15, 0.2) is 0 Å². The third-order valence-electron chi connectivity index (χ3n) is 1.77. The van der Waals surface area contributed by atoms with Crippen LogP contribution >= 0.6 is 0 Å². The van der Waals surface area contributed by atoms with Gasteiger partial charge in [0.1, 0.15) is 0 Å². The summed E-state index contributed by atoms with van der Waals surface area (Å²) in [7, 11) is 0. The lowest BCUT2D eigenvalue weighted by Crippen LogP contribution is -2.35. The molecule has 1 rings (SSSR count). The summed E-state index contributed by atoms with van der Waals surface area (Å²) in [5, 5.41) is 17.9. The van der Waals surface area contributed by atoms with Gasteiger partial charge in [0.15, 0.2) is 0 Å². The van der Waals surface area contributed by atoms with Crippen molar-refractivity contribution in [3.8, 4) is 0 Å². The largest absolute Gasteiger partial charge is 0.394 e. The highest BCUT2D eigenvalue weighted by Gasteiger charge is 2.24. The molecule has 3 heteroatoms. The van der Waals surface area contributed by atoms with Crippen molar-refractivity contribution in [2.75, 3.05) is 6.61 Å². The van der Waals surface area contributed by atoms with Gasteiger partial charge < -0.3 is 14.9 Å². The van der Waals surface area contributed by atoms with Crippen molar-refractivity contribution in [2.45, 2.75) is 38.1 Å². The van der Waals surface area contributed by atoms with Gasteiger partial charge in [0.25, 0.3) is 0 Å². The van der Waals surface area contributed by atoms with E-state index in [1.807, 2.05) is 6.92 Å². The molecule has 0 saturated carbocycles. The van der Waals surface area contributed by atoms with Crippen molar-refractivity contribution in [2.24, 2.45) is 0 Å². The Kier molecular flexibility index (Phi) is 2.65. The van der Waals surface area contributed by atoms with Crippen LogP contribution in [0.4, 0.5) is 0 Å². The summed E-state index contributed by atoms with van der Waals surface area (Å²) in [4.78, 5) is 0. The van der Waals surface area contributed by atoms with Crippen molar-refractivity contribution in [1.29, 1.82) is 0 Å². The van der Waals surface area contributed by atoms with Gasteiger partial charge in [0.05, 0.1) is 24.9 Å². The van der Waals surface area contributed by atoms with Gasteiger partial charge in [-0.3, -0.25) is 0 Å². The van der Waals surface area contributed by atoms with E-state index in [0.29, 0.717) is 12.8 Å². The van der Waals surface area contributed by atoms with Crippen LogP contribution < -0.4 is 0 Å². The normalized spacial score (nSPS) is 41.7. The fourth-order valence-corrected chi connectivity index (χ4v) is 1.34. The topological polar surface area (TPSA) is 49.7 Å². The molecule has 0 bridgehead atoms. The molecule has 1 fully saturated rings. The summed E-state index contributed by atoms with van der Waals surface area (Å²) >= 11 is 0. The summed E-state index contributed by atoms with van der Waals surface area (Å²) < 4.78 is 5.30. The predicted octanol–water partition coefficient (Wildman–Crippen LogP) is -0.0929. The van der Waals surface area contributed by atoms with E-state index < -0.39 is 0 Å². The zero-order valence-electron chi connectivity index (χ0n) is 6.16. The molecule has 3 nitrogen and oxygen atoms in total. The zero-order chi connectivity index (χ0) is 7.56. The summed E-state index contributed by atoms with van der Waals surface area (Å²) in [5.41, 5.74) is 0. The van der Waals surface area contributed by atoms with Gasteiger partial charge in [-0.15, -0.1) is 0 Å². The number of aliphatic hydroxyl groups excluding tert-OH is 2. The first kappa shape index (κ1) is 7.98. The lowest BCUT2D eigenvalue weighted by atomic mass is 10.0. The number of hydrogen-bond acceptors (Lipinski definition) is 3. The van der Waals surface area contributed by atoms with Crippen LogP contribution in [-0.2, 0) is 4.74 Å². The van der Waals surface area contributed by atoms with Crippen LogP contribution in [0.3, 0.4) is 0 Å². The minimum Gasteiger partial charge on any atom is -0.394 e. The van der Waals surface area contributed by atoms with E-state index in [0.717, 1.165) is 0 Å². The summed E-state index contributed by atoms with van der Waals surface area (Å²) in [6.45, 7) is 1.92. The van der Waals surface area contributed by atoms with E-state index in [-0.39, 0.29) is 24.9 Å². The summed E-state index contributed by atoms with van der Waals surface area (Å²) in [5.74, 6) is 0.